The summed E-state index contributed by atoms with van der Waals surface area (Å²) in [6.07, 6.45) is -4.78. The zero-order valence-corrected chi connectivity index (χ0v) is 12.2. The van der Waals surface area contributed by atoms with E-state index >= 15 is 0 Å². The Balaban J connectivity index is 2.40. The summed E-state index contributed by atoms with van der Waals surface area (Å²) in [5.41, 5.74) is -2.86. The van der Waals surface area contributed by atoms with Crippen molar-refractivity contribution in [3.05, 3.63) is 65.2 Å². The molecule has 0 bridgehead atoms. The number of benzene rings is 2. The van der Waals surface area contributed by atoms with Crippen LogP contribution >= 0.6 is 0 Å². The van der Waals surface area contributed by atoms with E-state index in [0.29, 0.717) is 6.07 Å². The molecule has 0 aliphatic carbocycles. The average molecular weight is 353 g/mol. The highest BCUT2D eigenvalue weighted by Crippen LogP contribution is 2.36. The highest BCUT2D eigenvalue weighted by atomic mass is 19.4. The second-order valence-electron chi connectivity index (χ2n) is 5.18. The number of aromatic nitrogens is 1. The van der Waals surface area contributed by atoms with Crippen LogP contribution in [-0.4, -0.2) is 16.1 Å². The Morgan fingerprint density at radius 1 is 1.04 bits per heavy atom. The Hall–Kier alpha value is -3.03. The van der Waals surface area contributed by atoms with E-state index in [4.69, 9.17) is 0 Å². The van der Waals surface area contributed by atoms with Crippen molar-refractivity contribution in [2.75, 3.05) is 0 Å². The summed E-state index contributed by atoms with van der Waals surface area (Å²) >= 11 is 0. The first-order chi connectivity index (χ1) is 11.7. The summed E-state index contributed by atoms with van der Waals surface area (Å²) in [5, 5.41) is 9.07. The largest absolute Gasteiger partial charge is 0.478 e. The van der Waals surface area contributed by atoms with Crippen LogP contribution in [0.3, 0.4) is 0 Å². The first-order valence-electron chi connectivity index (χ1n) is 6.88. The molecule has 3 aromatic rings. The Morgan fingerprint density at radius 3 is 2.36 bits per heavy atom. The number of hydrogen-bond donors (Lipinski definition) is 1. The number of nitrogens with zero attached hydrogens (tertiary/aromatic N) is 1. The molecular weight excluding hydrogens is 345 g/mol. The van der Waals surface area contributed by atoms with Crippen LogP contribution in [0.5, 0.6) is 0 Å². The molecule has 0 radical (unpaired) electrons. The molecule has 8 heteroatoms. The molecule has 1 N–H and O–H groups in total. The fraction of sp³-hybridized carbons (Fsp3) is 0.0588. The number of fused-ring (bicyclic) bond motifs is 1. The minimum absolute atomic E-state index is 0.228. The van der Waals surface area contributed by atoms with Gasteiger partial charge in [0.2, 0.25) is 0 Å². The predicted molar refractivity (Wildman–Crippen MR) is 79.1 cm³/mol. The van der Waals surface area contributed by atoms with E-state index in [-0.39, 0.29) is 16.6 Å². The first-order valence-corrected chi connectivity index (χ1v) is 6.88. The quantitative estimate of drug-likeness (QED) is 0.667. The number of pyridine rings is 1. The predicted octanol–water partition coefficient (Wildman–Crippen LogP) is 4.90. The van der Waals surface area contributed by atoms with Crippen molar-refractivity contribution in [2.45, 2.75) is 6.18 Å². The summed E-state index contributed by atoms with van der Waals surface area (Å²) in [6, 6.07) is 6.40. The maximum absolute atomic E-state index is 14.0. The van der Waals surface area contributed by atoms with E-state index in [1.807, 2.05) is 0 Å². The molecule has 128 valence electrons. The lowest BCUT2D eigenvalue weighted by molar-refractivity contribution is -0.136. The van der Waals surface area contributed by atoms with Gasteiger partial charge in [-0.2, -0.15) is 13.2 Å². The van der Waals surface area contributed by atoms with Crippen molar-refractivity contribution in [3.8, 4) is 11.3 Å². The Bertz CT molecular complexity index is 998. The van der Waals surface area contributed by atoms with E-state index in [0.717, 1.165) is 30.3 Å². The fourth-order valence-corrected chi connectivity index (χ4v) is 2.49. The van der Waals surface area contributed by atoms with Gasteiger partial charge in [-0.15, -0.1) is 0 Å². The Morgan fingerprint density at radius 2 is 1.76 bits per heavy atom. The van der Waals surface area contributed by atoms with Crippen LogP contribution in [0.1, 0.15) is 15.9 Å². The van der Waals surface area contributed by atoms with Gasteiger partial charge >= 0.3 is 12.1 Å². The normalized spacial score (nSPS) is 11.7. The topological polar surface area (TPSA) is 50.2 Å². The van der Waals surface area contributed by atoms with Gasteiger partial charge in [0.1, 0.15) is 11.6 Å². The maximum Gasteiger partial charge on any atom is 0.418 e. The van der Waals surface area contributed by atoms with E-state index < -0.39 is 40.4 Å². The molecule has 0 unspecified atom stereocenters. The van der Waals surface area contributed by atoms with Crippen molar-refractivity contribution in [1.82, 2.24) is 4.98 Å². The fourth-order valence-electron chi connectivity index (χ4n) is 2.49. The van der Waals surface area contributed by atoms with Crippen LogP contribution < -0.4 is 0 Å². The molecule has 0 saturated heterocycles. The molecule has 0 aliphatic rings. The van der Waals surface area contributed by atoms with Crippen molar-refractivity contribution >= 4 is 16.9 Å². The van der Waals surface area contributed by atoms with Crippen molar-refractivity contribution in [3.63, 3.8) is 0 Å². The molecule has 3 rings (SSSR count). The van der Waals surface area contributed by atoms with Gasteiger partial charge in [0.05, 0.1) is 22.3 Å². The van der Waals surface area contributed by atoms with Gasteiger partial charge in [-0.05, 0) is 24.3 Å². The van der Waals surface area contributed by atoms with Gasteiger partial charge in [-0.25, -0.2) is 18.6 Å². The van der Waals surface area contributed by atoms with Crippen LogP contribution in [0.15, 0.2) is 42.5 Å². The van der Waals surface area contributed by atoms with Gasteiger partial charge in [0.15, 0.2) is 0 Å². The number of para-hydroxylation sites is 1. The summed E-state index contributed by atoms with van der Waals surface area (Å²) in [4.78, 5) is 15.2. The van der Waals surface area contributed by atoms with Crippen molar-refractivity contribution in [2.24, 2.45) is 0 Å². The summed E-state index contributed by atoms with van der Waals surface area (Å²) in [7, 11) is 0. The molecule has 0 spiro atoms. The number of alkyl halides is 3. The molecule has 1 heterocycles. The van der Waals surface area contributed by atoms with Crippen molar-refractivity contribution < 1.29 is 31.9 Å². The second kappa shape index (κ2) is 5.80. The third-order valence-corrected chi connectivity index (χ3v) is 3.58. The van der Waals surface area contributed by atoms with Gasteiger partial charge in [0.25, 0.3) is 0 Å². The Kier molecular flexibility index (Phi) is 3.90. The number of aromatic carboxylic acids is 1. The van der Waals surface area contributed by atoms with E-state index in [9.17, 15) is 31.9 Å². The minimum atomic E-state index is -4.78. The highest BCUT2D eigenvalue weighted by molar-refractivity contribution is 6.04. The molecule has 0 aliphatic heterocycles. The van der Waals surface area contributed by atoms with Crippen LogP contribution in [0.4, 0.5) is 22.0 Å². The lowest BCUT2D eigenvalue weighted by Gasteiger charge is -2.13. The molecule has 0 fully saturated rings. The number of rotatable bonds is 2. The molecule has 25 heavy (non-hydrogen) atoms. The molecule has 0 saturated carbocycles. The van der Waals surface area contributed by atoms with Gasteiger partial charge in [-0.3, -0.25) is 0 Å². The monoisotopic (exact) mass is 353 g/mol. The van der Waals surface area contributed by atoms with Gasteiger partial charge < -0.3 is 5.11 Å². The second-order valence-corrected chi connectivity index (χ2v) is 5.18. The van der Waals surface area contributed by atoms with E-state index in [2.05, 4.69) is 4.98 Å². The summed E-state index contributed by atoms with van der Waals surface area (Å²) in [5.74, 6) is -3.43. The number of carboxylic acids is 1. The van der Waals surface area contributed by atoms with Crippen LogP contribution in [0.2, 0.25) is 0 Å². The maximum atomic E-state index is 14.0. The van der Waals surface area contributed by atoms with Crippen LogP contribution in [-0.2, 0) is 6.18 Å². The number of hydrogen-bond acceptors (Lipinski definition) is 2. The summed E-state index contributed by atoms with van der Waals surface area (Å²) < 4.78 is 66.6. The summed E-state index contributed by atoms with van der Waals surface area (Å²) in [6.45, 7) is 0. The Labute approximate surface area is 137 Å². The first kappa shape index (κ1) is 16.8. The SMILES string of the molecule is O=C(O)c1cc(-c2ccc(F)cc2F)nc2c(C(F)(F)F)cccc12. The van der Waals surface area contributed by atoms with E-state index in [1.54, 1.807) is 0 Å². The number of carbonyl (C=O) groups is 1. The third kappa shape index (κ3) is 3.02. The lowest BCUT2D eigenvalue weighted by Crippen LogP contribution is -2.09. The molecule has 3 nitrogen and oxygen atoms in total. The van der Waals surface area contributed by atoms with E-state index in [1.165, 1.54) is 6.07 Å². The van der Waals surface area contributed by atoms with Crippen molar-refractivity contribution in [1.29, 1.82) is 0 Å². The van der Waals surface area contributed by atoms with Crippen LogP contribution in [0.25, 0.3) is 22.2 Å². The number of carboxylic acid groups (broad SMARTS) is 1. The van der Waals surface area contributed by atoms with Gasteiger partial charge in [0, 0.05) is 17.0 Å². The molecule has 0 amide bonds. The zero-order chi connectivity index (χ0) is 18.4. The third-order valence-electron chi connectivity index (χ3n) is 3.58. The average Bonchev–Trinajstić information content (AvgIpc) is 2.52. The lowest BCUT2D eigenvalue weighted by atomic mass is 10.0. The molecular formula is C17H8F5NO2. The zero-order valence-electron chi connectivity index (χ0n) is 12.2. The minimum Gasteiger partial charge on any atom is -0.478 e. The van der Waals surface area contributed by atoms with Crippen LogP contribution in [0, 0.1) is 11.6 Å². The molecule has 1 aromatic heterocycles. The standard InChI is InChI=1S/C17H8F5NO2/c18-8-4-5-10(13(19)6-8)14-7-11(16(24)25)9-2-1-3-12(15(9)23-14)17(20,21)22/h1-7H,(H,24,25). The van der Waals surface area contributed by atoms with Gasteiger partial charge in [-0.1, -0.05) is 12.1 Å². The molecule has 0 atom stereocenters. The molecule has 2 aromatic carbocycles. The smallest absolute Gasteiger partial charge is 0.418 e. The highest BCUT2D eigenvalue weighted by Gasteiger charge is 2.34. The number of halogens is 5.